The van der Waals surface area contributed by atoms with Crippen molar-refractivity contribution in [1.29, 1.82) is 0 Å². The Morgan fingerprint density at radius 1 is 1.58 bits per heavy atom. The normalized spacial score (nSPS) is 10.3. The van der Waals surface area contributed by atoms with Gasteiger partial charge >= 0.3 is 6.61 Å². The van der Waals surface area contributed by atoms with Gasteiger partial charge in [0.05, 0.1) is 6.20 Å². The smallest absolute Gasteiger partial charge is 0.387 e. The number of rotatable bonds is 2. The molecular weight excluding hydrogens is 166 g/mol. The van der Waals surface area contributed by atoms with Crippen LogP contribution in [0.4, 0.5) is 14.6 Å². The number of nitrogens with two attached hydrogens (primary N) is 1. The molecule has 0 saturated heterocycles. The van der Waals surface area contributed by atoms with Gasteiger partial charge in [-0.2, -0.15) is 8.78 Å². The average Bonchev–Trinajstić information content (AvgIpc) is 1.96. The number of anilines is 1. The molecule has 0 fully saturated rings. The highest BCUT2D eigenvalue weighted by Gasteiger charge is 2.05. The largest absolute Gasteiger partial charge is 0.433 e. The van der Waals surface area contributed by atoms with Crippen molar-refractivity contribution in [1.82, 2.24) is 4.98 Å². The maximum Gasteiger partial charge on any atom is 0.387 e. The van der Waals surface area contributed by atoms with Crippen LogP contribution < -0.4 is 10.5 Å². The summed E-state index contributed by atoms with van der Waals surface area (Å²) in [5, 5.41) is 0. The lowest BCUT2D eigenvalue weighted by Gasteiger charge is -2.05. The lowest BCUT2D eigenvalue weighted by Crippen LogP contribution is -2.03. The number of hydrogen-bond donors (Lipinski definition) is 1. The van der Waals surface area contributed by atoms with Gasteiger partial charge in [-0.3, -0.25) is 0 Å². The Kier molecular flexibility index (Phi) is 2.42. The lowest BCUT2D eigenvalue weighted by molar-refractivity contribution is -0.0500. The summed E-state index contributed by atoms with van der Waals surface area (Å²) in [6.07, 6.45) is 1.16. The van der Waals surface area contributed by atoms with E-state index in [1.165, 1.54) is 6.07 Å². The van der Waals surface area contributed by atoms with Crippen molar-refractivity contribution in [3.63, 3.8) is 0 Å². The molecule has 0 unspecified atom stereocenters. The first-order valence-electron chi connectivity index (χ1n) is 3.26. The van der Waals surface area contributed by atoms with Gasteiger partial charge in [-0.15, -0.1) is 0 Å². The van der Waals surface area contributed by atoms with Gasteiger partial charge < -0.3 is 10.5 Å². The standard InChI is InChI=1S/C7H8F2N2O/c1-4-2-5(12-7(8)9)3-11-6(4)10/h2-3,7H,1H3,(H2,10,11). The molecule has 12 heavy (non-hydrogen) atoms. The summed E-state index contributed by atoms with van der Waals surface area (Å²) < 4.78 is 27.4. The second kappa shape index (κ2) is 3.34. The summed E-state index contributed by atoms with van der Waals surface area (Å²) in [5.41, 5.74) is 5.98. The predicted octanol–water partition coefficient (Wildman–Crippen LogP) is 1.57. The molecule has 0 amide bonds. The SMILES string of the molecule is Cc1cc(OC(F)F)cnc1N. The van der Waals surface area contributed by atoms with Crippen molar-refractivity contribution in [2.45, 2.75) is 13.5 Å². The summed E-state index contributed by atoms with van der Waals surface area (Å²) >= 11 is 0. The number of ether oxygens (including phenoxy) is 1. The minimum atomic E-state index is -2.82. The monoisotopic (exact) mass is 174 g/mol. The van der Waals surface area contributed by atoms with E-state index in [1.54, 1.807) is 6.92 Å². The molecule has 0 aliphatic heterocycles. The second-order valence-electron chi connectivity index (χ2n) is 2.25. The minimum absolute atomic E-state index is 0.0247. The molecule has 0 bridgehead atoms. The molecule has 0 aliphatic rings. The van der Waals surface area contributed by atoms with E-state index >= 15 is 0 Å². The number of aryl methyl sites for hydroxylation is 1. The molecule has 5 heteroatoms. The number of aromatic nitrogens is 1. The molecule has 0 atom stereocenters. The third kappa shape index (κ3) is 2.05. The highest BCUT2D eigenvalue weighted by molar-refractivity contribution is 5.41. The number of hydrogen-bond acceptors (Lipinski definition) is 3. The van der Waals surface area contributed by atoms with Crippen LogP contribution in [0.1, 0.15) is 5.56 Å². The zero-order valence-electron chi connectivity index (χ0n) is 6.42. The molecule has 3 nitrogen and oxygen atoms in total. The number of nitrogen functional groups attached to an aromatic ring is 1. The maximum absolute atomic E-state index is 11.7. The van der Waals surface area contributed by atoms with Crippen molar-refractivity contribution in [2.24, 2.45) is 0 Å². The first kappa shape index (κ1) is 8.70. The number of nitrogens with zero attached hydrogens (tertiary/aromatic N) is 1. The van der Waals surface area contributed by atoms with Crippen LogP contribution in [0.25, 0.3) is 0 Å². The van der Waals surface area contributed by atoms with E-state index in [1.807, 2.05) is 0 Å². The van der Waals surface area contributed by atoms with Gasteiger partial charge in [-0.05, 0) is 18.6 Å². The van der Waals surface area contributed by atoms with Crippen LogP contribution in [0, 0.1) is 6.92 Å². The fourth-order valence-electron chi connectivity index (χ4n) is 0.727. The van der Waals surface area contributed by atoms with E-state index in [0.29, 0.717) is 11.4 Å². The van der Waals surface area contributed by atoms with Crippen molar-refractivity contribution < 1.29 is 13.5 Å². The first-order valence-corrected chi connectivity index (χ1v) is 3.26. The van der Waals surface area contributed by atoms with Gasteiger partial charge in [0.25, 0.3) is 0 Å². The summed E-state index contributed by atoms with van der Waals surface area (Å²) in [6.45, 7) is -1.16. The Balaban J connectivity index is 2.82. The van der Waals surface area contributed by atoms with E-state index < -0.39 is 6.61 Å². The van der Waals surface area contributed by atoms with E-state index in [9.17, 15) is 8.78 Å². The third-order valence-corrected chi connectivity index (χ3v) is 1.32. The zero-order chi connectivity index (χ0) is 9.14. The van der Waals surface area contributed by atoms with E-state index in [2.05, 4.69) is 9.72 Å². The molecule has 0 aromatic carbocycles. The summed E-state index contributed by atoms with van der Waals surface area (Å²) in [6, 6.07) is 1.41. The Hall–Kier alpha value is -1.39. The Morgan fingerprint density at radius 3 is 2.75 bits per heavy atom. The maximum atomic E-state index is 11.7. The molecule has 0 radical (unpaired) electrons. The molecule has 1 rings (SSSR count). The molecule has 0 saturated carbocycles. The molecule has 1 heterocycles. The molecule has 1 aromatic heterocycles. The van der Waals surface area contributed by atoms with Gasteiger partial charge in [-0.25, -0.2) is 4.98 Å². The van der Waals surface area contributed by atoms with Crippen LogP contribution in [0.5, 0.6) is 5.75 Å². The number of halogens is 2. The molecular formula is C7H8F2N2O. The number of pyridine rings is 1. The Morgan fingerprint density at radius 2 is 2.25 bits per heavy atom. The topological polar surface area (TPSA) is 48.1 Å². The highest BCUT2D eigenvalue weighted by Crippen LogP contribution is 2.17. The highest BCUT2D eigenvalue weighted by atomic mass is 19.3. The summed E-state index contributed by atoms with van der Waals surface area (Å²) in [4.78, 5) is 3.65. The molecule has 1 aromatic rings. The van der Waals surface area contributed by atoms with Crippen LogP contribution in [-0.2, 0) is 0 Å². The quantitative estimate of drug-likeness (QED) is 0.740. The average molecular weight is 174 g/mol. The molecule has 0 aliphatic carbocycles. The summed E-state index contributed by atoms with van der Waals surface area (Å²) in [5.74, 6) is 0.341. The van der Waals surface area contributed by atoms with E-state index in [4.69, 9.17) is 5.73 Å². The first-order chi connectivity index (χ1) is 5.59. The van der Waals surface area contributed by atoms with Gasteiger partial charge in [0, 0.05) is 0 Å². The van der Waals surface area contributed by atoms with Crippen LogP contribution in [0.3, 0.4) is 0 Å². The van der Waals surface area contributed by atoms with Gasteiger partial charge in [0.15, 0.2) is 0 Å². The molecule has 2 N–H and O–H groups in total. The predicted molar refractivity (Wildman–Crippen MR) is 40.0 cm³/mol. The molecule has 0 spiro atoms. The fourth-order valence-corrected chi connectivity index (χ4v) is 0.727. The van der Waals surface area contributed by atoms with Crippen LogP contribution in [0.2, 0.25) is 0 Å². The van der Waals surface area contributed by atoms with Crippen molar-refractivity contribution in [3.8, 4) is 5.75 Å². The number of alkyl halides is 2. The van der Waals surface area contributed by atoms with Crippen molar-refractivity contribution in [3.05, 3.63) is 17.8 Å². The Bertz CT molecular complexity index is 278. The van der Waals surface area contributed by atoms with Gasteiger partial charge in [0.2, 0.25) is 0 Å². The third-order valence-electron chi connectivity index (χ3n) is 1.32. The summed E-state index contributed by atoms with van der Waals surface area (Å²) in [7, 11) is 0. The van der Waals surface area contributed by atoms with Crippen molar-refractivity contribution in [2.75, 3.05) is 5.73 Å². The Labute approximate surface area is 68.2 Å². The van der Waals surface area contributed by atoms with Crippen LogP contribution in [-0.4, -0.2) is 11.6 Å². The fraction of sp³-hybridized carbons (Fsp3) is 0.286. The van der Waals surface area contributed by atoms with E-state index in [0.717, 1.165) is 6.20 Å². The van der Waals surface area contributed by atoms with Gasteiger partial charge in [0.1, 0.15) is 11.6 Å². The zero-order valence-corrected chi connectivity index (χ0v) is 6.42. The molecule has 66 valence electrons. The minimum Gasteiger partial charge on any atom is -0.433 e. The van der Waals surface area contributed by atoms with Crippen molar-refractivity contribution >= 4 is 5.82 Å². The lowest BCUT2D eigenvalue weighted by atomic mass is 10.3. The van der Waals surface area contributed by atoms with Gasteiger partial charge in [-0.1, -0.05) is 0 Å². The van der Waals surface area contributed by atoms with Crippen LogP contribution in [0.15, 0.2) is 12.3 Å². The van der Waals surface area contributed by atoms with Crippen LogP contribution >= 0.6 is 0 Å². The second-order valence-corrected chi connectivity index (χ2v) is 2.25. The van der Waals surface area contributed by atoms with E-state index in [-0.39, 0.29) is 5.75 Å².